The Kier molecular flexibility index (Phi) is 3.31. The van der Waals surface area contributed by atoms with Crippen molar-refractivity contribution in [3.63, 3.8) is 0 Å². The summed E-state index contributed by atoms with van der Waals surface area (Å²) in [4.78, 5) is 24.0. The molecular formula is C11H17NO4. The van der Waals surface area contributed by atoms with Crippen molar-refractivity contribution >= 4 is 12.1 Å². The van der Waals surface area contributed by atoms with Crippen LogP contribution in [0.1, 0.15) is 38.5 Å². The van der Waals surface area contributed by atoms with Gasteiger partial charge in [-0.2, -0.15) is 0 Å². The van der Waals surface area contributed by atoms with Gasteiger partial charge in [-0.1, -0.05) is 12.8 Å². The molecule has 1 heterocycles. The number of cyclic esters (lactones) is 1. The molecule has 1 aliphatic carbocycles. The smallest absolute Gasteiger partial charge is 0.410 e. The fourth-order valence-electron chi connectivity index (χ4n) is 2.53. The van der Waals surface area contributed by atoms with Crippen LogP contribution in [0.4, 0.5) is 4.79 Å². The maximum absolute atomic E-state index is 11.7. The van der Waals surface area contributed by atoms with Crippen LogP contribution >= 0.6 is 0 Å². The molecule has 1 aliphatic heterocycles. The van der Waals surface area contributed by atoms with Crippen LogP contribution in [-0.4, -0.2) is 40.8 Å². The molecule has 2 fully saturated rings. The lowest BCUT2D eigenvalue weighted by atomic mass is 10.1. The third-order valence-corrected chi connectivity index (χ3v) is 3.36. The average molecular weight is 227 g/mol. The molecular weight excluding hydrogens is 210 g/mol. The SMILES string of the molecule is O=C(O)CC1CCN(C2CCCC2)C(=O)O1. The molecule has 5 heteroatoms. The first-order chi connectivity index (χ1) is 7.66. The Morgan fingerprint density at radius 3 is 2.62 bits per heavy atom. The van der Waals surface area contributed by atoms with Gasteiger partial charge < -0.3 is 14.7 Å². The Bertz CT molecular complexity index is 286. The second kappa shape index (κ2) is 4.72. The molecule has 0 aromatic heterocycles. The first kappa shape index (κ1) is 11.2. The predicted octanol–water partition coefficient (Wildman–Crippen LogP) is 1.61. The van der Waals surface area contributed by atoms with E-state index < -0.39 is 12.1 Å². The van der Waals surface area contributed by atoms with Crippen molar-refractivity contribution in [2.75, 3.05) is 6.54 Å². The van der Waals surface area contributed by atoms with E-state index in [4.69, 9.17) is 9.84 Å². The molecule has 1 saturated carbocycles. The lowest BCUT2D eigenvalue weighted by Gasteiger charge is -2.35. The summed E-state index contributed by atoms with van der Waals surface area (Å²) in [6, 6.07) is 0.318. The molecule has 0 radical (unpaired) electrons. The molecule has 0 aromatic carbocycles. The molecule has 1 atom stereocenters. The number of hydrogen-bond acceptors (Lipinski definition) is 3. The Morgan fingerprint density at radius 1 is 1.38 bits per heavy atom. The first-order valence-corrected chi connectivity index (χ1v) is 5.86. The number of carboxylic acids is 1. The van der Waals surface area contributed by atoms with Gasteiger partial charge in [0.25, 0.3) is 0 Å². The monoisotopic (exact) mass is 227 g/mol. The molecule has 1 saturated heterocycles. The molecule has 2 rings (SSSR count). The fourth-order valence-corrected chi connectivity index (χ4v) is 2.53. The minimum atomic E-state index is -0.910. The zero-order chi connectivity index (χ0) is 11.5. The predicted molar refractivity (Wildman–Crippen MR) is 56.1 cm³/mol. The third kappa shape index (κ3) is 2.46. The van der Waals surface area contributed by atoms with Gasteiger partial charge >= 0.3 is 12.1 Å². The summed E-state index contributed by atoms with van der Waals surface area (Å²) < 4.78 is 5.13. The summed E-state index contributed by atoms with van der Waals surface area (Å²) >= 11 is 0. The molecule has 0 aromatic rings. The number of amides is 1. The number of hydrogen-bond donors (Lipinski definition) is 1. The highest BCUT2D eigenvalue weighted by Gasteiger charge is 2.34. The zero-order valence-corrected chi connectivity index (χ0v) is 9.22. The van der Waals surface area contributed by atoms with Crippen LogP contribution in [0.2, 0.25) is 0 Å². The van der Waals surface area contributed by atoms with E-state index in [0.717, 1.165) is 12.8 Å². The van der Waals surface area contributed by atoms with Crippen molar-refractivity contribution < 1.29 is 19.4 Å². The van der Waals surface area contributed by atoms with Crippen molar-refractivity contribution in [1.29, 1.82) is 0 Å². The van der Waals surface area contributed by atoms with Crippen LogP contribution in [0.25, 0.3) is 0 Å². The summed E-state index contributed by atoms with van der Waals surface area (Å²) in [7, 11) is 0. The summed E-state index contributed by atoms with van der Waals surface area (Å²) in [5.74, 6) is -0.910. The molecule has 90 valence electrons. The van der Waals surface area contributed by atoms with Crippen LogP contribution < -0.4 is 0 Å². The third-order valence-electron chi connectivity index (χ3n) is 3.36. The Labute approximate surface area is 94.4 Å². The van der Waals surface area contributed by atoms with Crippen molar-refractivity contribution in [2.45, 2.75) is 50.7 Å². The largest absolute Gasteiger partial charge is 0.481 e. The van der Waals surface area contributed by atoms with Crippen molar-refractivity contribution in [2.24, 2.45) is 0 Å². The van der Waals surface area contributed by atoms with Gasteiger partial charge in [0.1, 0.15) is 6.10 Å². The molecule has 1 amide bonds. The molecule has 0 spiro atoms. The summed E-state index contributed by atoms with van der Waals surface area (Å²) in [5, 5.41) is 8.62. The second-order valence-corrected chi connectivity index (χ2v) is 4.52. The van der Waals surface area contributed by atoms with Crippen LogP contribution in [0.5, 0.6) is 0 Å². The summed E-state index contributed by atoms with van der Waals surface area (Å²) in [6.45, 7) is 0.640. The number of rotatable bonds is 3. The molecule has 2 aliphatic rings. The Morgan fingerprint density at radius 2 is 2.06 bits per heavy atom. The average Bonchev–Trinajstić information content (AvgIpc) is 2.69. The zero-order valence-electron chi connectivity index (χ0n) is 9.22. The number of nitrogens with zero attached hydrogens (tertiary/aromatic N) is 1. The molecule has 1 N–H and O–H groups in total. The highest BCUT2D eigenvalue weighted by Crippen LogP contribution is 2.27. The van der Waals surface area contributed by atoms with Gasteiger partial charge in [0.15, 0.2) is 0 Å². The second-order valence-electron chi connectivity index (χ2n) is 4.52. The van der Waals surface area contributed by atoms with Crippen molar-refractivity contribution in [3.8, 4) is 0 Å². The van der Waals surface area contributed by atoms with E-state index in [1.165, 1.54) is 12.8 Å². The minimum Gasteiger partial charge on any atom is -0.481 e. The maximum atomic E-state index is 11.7. The van der Waals surface area contributed by atoms with E-state index in [-0.39, 0.29) is 12.5 Å². The van der Waals surface area contributed by atoms with Crippen LogP contribution in [0.15, 0.2) is 0 Å². The van der Waals surface area contributed by atoms with Gasteiger partial charge in [0.2, 0.25) is 0 Å². The highest BCUT2D eigenvalue weighted by atomic mass is 16.6. The maximum Gasteiger partial charge on any atom is 0.410 e. The van der Waals surface area contributed by atoms with E-state index in [0.29, 0.717) is 19.0 Å². The van der Waals surface area contributed by atoms with Crippen LogP contribution in [-0.2, 0) is 9.53 Å². The normalized spacial score (nSPS) is 26.9. The van der Waals surface area contributed by atoms with Gasteiger partial charge in [-0.25, -0.2) is 4.79 Å². The van der Waals surface area contributed by atoms with Crippen LogP contribution in [0.3, 0.4) is 0 Å². The summed E-state index contributed by atoms with van der Waals surface area (Å²) in [5.41, 5.74) is 0. The van der Waals surface area contributed by atoms with E-state index in [9.17, 15) is 9.59 Å². The van der Waals surface area contributed by atoms with Gasteiger partial charge in [-0.3, -0.25) is 4.79 Å². The minimum absolute atomic E-state index is 0.0791. The van der Waals surface area contributed by atoms with Gasteiger partial charge in [0.05, 0.1) is 6.42 Å². The lowest BCUT2D eigenvalue weighted by Crippen LogP contribution is -2.47. The summed E-state index contributed by atoms with van der Waals surface area (Å²) in [6.07, 6.45) is 4.24. The number of ether oxygens (including phenoxy) is 1. The van der Waals surface area contributed by atoms with E-state index in [2.05, 4.69) is 0 Å². The standard InChI is InChI=1S/C11H17NO4/c13-10(14)7-9-5-6-12(11(15)16-9)8-3-1-2-4-8/h8-9H,1-7H2,(H,13,14). The number of carbonyl (C=O) groups excluding carboxylic acids is 1. The Hall–Kier alpha value is -1.26. The van der Waals surface area contributed by atoms with Crippen LogP contribution in [0, 0.1) is 0 Å². The van der Waals surface area contributed by atoms with E-state index >= 15 is 0 Å². The molecule has 16 heavy (non-hydrogen) atoms. The highest BCUT2D eigenvalue weighted by molar-refractivity contribution is 5.71. The molecule has 0 bridgehead atoms. The van der Waals surface area contributed by atoms with E-state index in [1.54, 1.807) is 4.90 Å². The number of aliphatic carboxylic acids is 1. The quantitative estimate of drug-likeness (QED) is 0.795. The first-order valence-electron chi connectivity index (χ1n) is 5.86. The molecule has 1 unspecified atom stereocenters. The topological polar surface area (TPSA) is 66.8 Å². The molecule has 5 nitrogen and oxygen atoms in total. The lowest BCUT2D eigenvalue weighted by molar-refractivity contribution is -0.140. The number of carboxylic acid groups (broad SMARTS) is 1. The van der Waals surface area contributed by atoms with Gasteiger partial charge in [0, 0.05) is 19.0 Å². The van der Waals surface area contributed by atoms with Gasteiger partial charge in [-0.05, 0) is 12.8 Å². The Balaban J connectivity index is 1.87. The van der Waals surface area contributed by atoms with E-state index in [1.807, 2.05) is 0 Å². The van der Waals surface area contributed by atoms with Crippen molar-refractivity contribution in [1.82, 2.24) is 4.90 Å². The van der Waals surface area contributed by atoms with Gasteiger partial charge in [-0.15, -0.1) is 0 Å². The fraction of sp³-hybridized carbons (Fsp3) is 0.818. The van der Waals surface area contributed by atoms with Crippen molar-refractivity contribution in [3.05, 3.63) is 0 Å². The number of carbonyl (C=O) groups is 2.